The molecule has 0 radical (unpaired) electrons. The molecule has 1 aliphatic heterocycles. The highest BCUT2D eigenvalue weighted by molar-refractivity contribution is 6.37. The van der Waals surface area contributed by atoms with E-state index in [1.807, 2.05) is 4.57 Å². The third-order valence-corrected chi connectivity index (χ3v) is 5.68. The summed E-state index contributed by atoms with van der Waals surface area (Å²) in [5.41, 5.74) is 0.979. The number of ether oxygens (including phenoxy) is 2. The molecule has 5 nitrogen and oxygen atoms in total. The Kier molecular flexibility index (Phi) is 6.05. The smallest absolute Gasteiger partial charge is 0.419 e. The van der Waals surface area contributed by atoms with E-state index in [-0.39, 0.29) is 24.7 Å². The lowest BCUT2D eigenvalue weighted by Crippen LogP contribution is -2.13. The molecule has 0 bridgehead atoms. The molecule has 0 saturated heterocycles. The van der Waals surface area contributed by atoms with Gasteiger partial charge in [-0.2, -0.15) is 13.2 Å². The number of alkyl halides is 3. The summed E-state index contributed by atoms with van der Waals surface area (Å²) in [4.78, 5) is 11.1. The second-order valence-corrected chi connectivity index (χ2v) is 8.46. The van der Waals surface area contributed by atoms with Crippen LogP contribution in [0.15, 0.2) is 42.5 Å². The molecule has 0 saturated carbocycles. The van der Waals surface area contributed by atoms with Gasteiger partial charge in [0.25, 0.3) is 0 Å². The summed E-state index contributed by atoms with van der Waals surface area (Å²) in [6.07, 6.45) is -1.44. The Labute approximate surface area is 193 Å². The van der Waals surface area contributed by atoms with Crippen LogP contribution < -0.4 is 9.47 Å². The summed E-state index contributed by atoms with van der Waals surface area (Å²) in [6.45, 7) is 3.25. The third kappa shape index (κ3) is 4.66. The summed E-state index contributed by atoms with van der Waals surface area (Å²) in [5.74, 6) is -1.05. The fourth-order valence-electron chi connectivity index (χ4n) is 3.91. The SMILES string of the molecule is CC(C)Oc1ccc(COc2ccc3c(c2)c(Cl)c2n3C=CC2CC(=O)O)cc1C(F)(F)F. The normalized spacial score (nSPS) is 15.3. The van der Waals surface area contributed by atoms with Crippen LogP contribution >= 0.6 is 11.6 Å². The summed E-state index contributed by atoms with van der Waals surface area (Å²) >= 11 is 6.55. The Balaban J connectivity index is 1.58. The number of carbonyl (C=O) groups is 1. The van der Waals surface area contributed by atoms with Gasteiger partial charge in [0.1, 0.15) is 18.1 Å². The van der Waals surface area contributed by atoms with Crippen LogP contribution in [0, 0.1) is 0 Å². The molecule has 33 heavy (non-hydrogen) atoms. The molecule has 9 heteroatoms. The summed E-state index contributed by atoms with van der Waals surface area (Å²) in [5, 5.41) is 10.2. The van der Waals surface area contributed by atoms with Gasteiger partial charge in [-0.1, -0.05) is 23.7 Å². The number of aliphatic carboxylic acids is 1. The van der Waals surface area contributed by atoms with Gasteiger partial charge in [-0.25, -0.2) is 0 Å². The second-order valence-electron chi connectivity index (χ2n) is 8.08. The van der Waals surface area contributed by atoms with Crippen molar-refractivity contribution in [2.45, 2.75) is 45.1 Å². The summed E-state index contributed by atoms with van der Waals surface area (Å²) < 4.78 is 53.3. The number of benzene rings is 2. The molecule has 174 valence electrons. The molecular formula is C24H21ClF3NO4. The van der Waals surface area contributed by atoms with Crippen molar-refractivity contribution in [3.63, 3.8) is 0 Å². The van der Waals surface area contributed by atoms with Gasteiger partial charge in [0.15, 0.2) is 0 Å². The van der Waals surface area contributed by atoms with Gasteiger partial charge in [0, 0.05) is 23.2 Å². The lowest BCUT2D eigenvalue weighted by Gasteiger charge is -2.17. The molecule has 1 aliphatic rings. The van der Waals surface area contributed by atoms with Crippen LogP contribution in [0.5, 0.6) is 11.5 Å². The first-order chi connectivity index (χ1) is 15.5. The number of aromatic nitrogens is 1. The van der Waals surface area contributed by atoms with E-state index in [9.17, 15) is 18.0 Å². The maximum Gasteiger partial charge on any atom is 0.419 e. The maximum absolute atomic E-state index is 13.5. The quantitative estimate of drug-likeness (QED) is 0.408. The van der Waals surface area contributed by atoms with Crippen molar-refractivity contribution in [2.75, 3.05) is 0 Å². The van der Waals surface area contributed by atoms with E-state index in [0.29, 0.717) is 27.4 Å². The van der Waals surface area contributed by atoms with E-state index in [0.717, 1.165) is 11.6 Å². The number of nitrogens with zero attached hydrogens (tertiary/aromatic N) is 1. The first-order valence-electron chi connectivity index (χ1n) is 10.3. The molecule has 1 aromatic heterocycles. The predicted octanol–water partition coefficient (Wildman–Crippen LogP) is 6.72. The molecule has 4 rings (SSSR count). The second kappa shape index (κ2) is 8.67. The van der Waals surface area contributed by atoms with Crippen LogP contribution in [-0.2, 0) is 17.6 Å². The predicted molar refractivity (Wildman–Crippen MR) is 119 cm³/mol. The molecule has 0 aliphatic carbocycles. The maximum atomic E-state index is 13.5. The molecule has 2 heterocycles. The number of carboxylic acid groups (broad SMARTS) is 1. The standard InChI is InChI=1S/C24H21ClF3NO4/c1-13(2)33-20-6-3-14(9-18(20)24(26,27)28)12-32-16-4-5-19-17(11-16)22(25)23-15(10-21(30)31)7-8-29(19)23/h3-9,11,13,15H,10,12H2,1-2H3,(H,30,31). The highest BCUT2D eigenvalue weighted by atomic mass is 35.5. The molecule has 0 spiro atoms. The van der Waals surface area contributed by atoms with Crippen molar-refractivity contribution in [2.24, 2.45) is 0 Å². The molecule has 2 aromatic carbocycles. The molecule has 1 N–H and O–H groups in total. The number of carboxylic acids is 1. The molecule has 1 unspecified atom stereocenters. The van der Waals surface area contributed by atoms with Gasteiger partial charge < -0.3 is 19.1 Å². The van der Waals surface area contributed by atoms with Crippen molar-refractivity contribution in [1.82, 2.24) is 4.57 Å². The first kappa shape index (κ1) is 23.0. The topological polar surface area (TPSA) is 60.7 Å². The van der Waals surface area contributed by atoms with Crippen molar-refractivity contribution in [3.8, 4) is 11.5 Å². The van der Waals surface area contributed by atoms with Crippen LogP contribution in [0.2, 0.25) is 5.02 Å². The van der Waals surface area contributed by atoms with Crippen LogP contribution in [-0.4, -0.2) is 21.7 Å². The first-order valence-corrected chi connectivity index (χ1v) is 10.7. The van der Waals surface area contributed by atoms with Crippen LogP contribution in [0.1, 0.15) is 43.0 Å². The number of halogens is 4. The summed E-state index contributed by atoms with van der Waals surface area (Å²) in [6, 6.07) is 9.05. The number of fused-ring (bicyclic) bond motifs is 3. The third-order valence-electron chi connectivity index (χ3n) is 5.28. The van der Waals surface area contributed by atoms with Crippen LogP contribution in [0.25, 0.3) is 17.1 Å². The fraction of sp³-hybridized carbons (Fsp3) is 0.292. The molecular weight excluding hydrogens is 459 g/mol. The van der Waals surface area contributed by atoms with Gasteiger partial charge in [-0.15, -0.1) is 0 Å². The van der Waals surface area contributed by atoms with Crippen molar-refractivity contribution < 1.29 is 32.5 Å². The average Bonchev–Trinajstić information content (AvgIpc) is 3.25. The van der Waals surface area contributed by atoms with Crippen LogP contribution in [0.4, 0.5) is 13.2 Å². The largest absolute Gasteiger partial charge is 0.490 e. The Bertz CT molecular complexity index is 1250. The highest BCUT2D eigenvalue weighted by Gasteiger charge is 2.35. The lowest BCUT2D eigenvalue weighted by atomic mass is 10.0. The Morgan fingerprint density at radius 2 is 1.97 bits per heavy atom. The number of hydrogen-bond acceptors (Lipinski definition) is 3. The molecule has 0 amide bonds. The molecule has 1 atom stereocenters. The zero-order chi connectivity index (χ0) is 23.9. The van der Waals surface area contributed by atoms with Gasteiger partial charge in [0.2, 0.25) is 0 Å². The zero-order valence-corrected chi connectivity index (χ0v) is 18.6. The minimum Gasteiger partial charge on any atom is -0.490 e. The highest BCUT2D eigenvalue weighted by Crippen LogP contribution is 2.42. The van der Waals surface area contributed by atoms with E-state index in [4.69, 9.17) is 26.2 Å². The minimum absolute atomic E-state index is 0.0754. The number of allylic oxidation sites excluding steroid dienone is 1. The van der Waals surface area contributed by atoms with Gasteiger partial charge in [-0.05, 0) is 49.7 Å². The van der Waals surface area contributed by atoms with Crippen molar-refractivity contribution in [3.05, 3.63) is 64.3 Å². The number of hydrogen-bond donors (Lipinski definition) is 1. The van der Waals surface area contributed by atoms with E-state index in [1.165, 1.54) is 12.1 Å². The fourth-order valence-corrected chi connectivity index (χ4v) is 4.29. The van der Waals surface area contributed by atoms with Crippen molar-refractivity contribution in [1.29, 1.82) is 0 Å². The average molecular weight is 480 g/mol. The summed E-state index contributed by atoms with van der Waals surface area (Å²) in [7, 11) is 0. The van der Waals surface area contributed by atoms with Gasteiger partial charge in [-0.3, -0.25) is 4.79 Å². The van der Waals surface area contributed by atoms with E-state index in [1.54, 1.807) is 44.3 Å². The number of rotatable bonds is 7. The monoisotopic (exact) mass is 479 g/mol. The van der Waals surface area contributed by atoms with E-state index in [2.05, 4.69) is 0 Å². The Morgan fingerprint density at radius 1 is 1.21 bits per heavy atom. The van der Waals surface area contributed by atoms with Crippen molar-refractivity contribution >= 4 is 34.7 Å². The van der Waals surface area contributed by atoms with Gasteiger partial charge >= 0.3 is 12.1 Å². The minimum atomic E-state index is -4.56. The molecule has 0 fully saturated rings. The Hall–Kier alpha value is -3.13. The lowest BCUT2D eigenvalue weighted by molar-refractivity contribution is -0.139. The van der Waals surface area contributed by atoms with E-state index < -0.39 is 23.8 Å². The van der Waals surface area contributed by atoms with E-state index >= 15 is 0 Å². The Morgan fingerprint density at radius 3 is 2.64 bits per heavy atom. The van der Waals surface area contributed by atoms with Gasteiger partial charge in [0.05, 0.1) is 28.6 Å². The van der Waals surface area contributed by atoms with Crippen LogP contribution in [0.3, 0.4) is 0 Å². The zero-order valence-electron chi connectivity index (χ0n) is 17.8. The molecule has 3 aromatic rings.